The molecule has 0 unspecified atom stereocenters. The molecule has 0 radical (unpaired) electrons. The Bertz CT molecular complexity index is 951. The Labute approximate surface area is 134 Å². The van der Waals surface area contributed by atoms with Crippen LogP contribution in [0, 0.1) is 19.7 Å². The number of hydrogen-bond donors (Lipinski definition) is 0. The van der Waals surface area contributed by atoms with Crippen LogP contribution in [0.4, 0.5) is 4.39 Å². The van der Waals surface area contributed by atoms with Crippen LogP contribution in [0.5, 0.6) is 0 Å². The summed E-state index contributed by atoms with van der Waals surface area (Å²) >= 11 is 11.7. The van der Waals surface area contributed by atoms with Gasteiger partial charge in [-0.25, -0.2) is 18.7 Å². The van der Waals surface area contributed by atoms with E-state index in [2.05, 4.69) is 15.0 Å². The minimum Gasteiger partial charge on any atom is -0.259 e. The van der Waals surface area contributed by atoms with Crippen molar-refractivity contribution in [2.75, 3.05) is 0 Å². The predicted octanol–water partition coefficient (Wildman–Crippen LogP) is 3.24. The van der Waals surface area contributed by atoms with Crippen molar-refractivity contribution in [3.63, 3.8) is 0 Å². The molecule has 0 aliphatic carbocycles. The topological polar surface area (TPSA) is 60.7 Å². The van der Waals surface area contributed by atoms with Crippen LogP contribution in [0.25, 0.3) is 16.7 Å². The van der Waals surface area contributed by atoms with E-state index in [1.165, 1.54) is 4.57 Å². The van der Waals surface area contributed by atoms with Crippen LogP contribution in [0.2, 0.25) is 10.3 Å². The van der Waals surface area contributed by atoms with Crippen molar-refractivity contribution in [1.29, 1.82) is 0 Å². The lowest BCUT2D eigenvalue weighted by molar-refractivity contribution is 0.624. The van der Waals surface area contributed by atoms with E-state index in [4.69, 9.17) is 23.2 Å². The van der Waals surface area contributed by atoms with E-state index in [-0.39, 0.29) is 21.3 Å². The average Bonchev–Trinajstić information content (AvgIpc) is 2.44. The second kappa shape index (κ2) is 5.30. The van der Waals surface area contributed by atoms with Crippen LogP contribution in [0.1, 0.15) is 11.3 Å². The maximum Gasteiger partial charge on any atom is 0.355 e. The second-order valence-electron chi connectivity index (χ2n) is 4.71. The average molecular weight is 339 g/mol. The molecule has 0 aliphatic heterocycles. The van der Waals surface area contributed by atoms with E-state index in [0.29, 0.717) is 11.4 Å². The number of aryl methyl sites for hydroxylation is 2. The molecule has 3 rings (SSSR count). The summed E-state index contributed by atoms with van der Waals surface area (Å²) in [4.78, 5) is 24.2. The van der Waals surface area contributed by atoms with E-state index in [1.54, 1.807) is 19.2 Å². The van der Waals surface area contributed by atoms with Gasteiger partial charge in [-0.1, -0.05) is 23.2 Å². The van der Waals surface area contributed by atoms with Gasteiger partial charge in [0.2, 0.25) is 0 Å². The zero-order valence-electron chi connectivity index (χ0n) is 11.6. The Morgan fingerprint density at radius 2 is 1.91 bits per heavy atom. The van der Waals surface area contributed by atoms with E-state index in [1.807, 2.05) is 6.92 Å². The van der Waals surface area contributed by atoms with Gasteiger partial charge in [0.15, 0.2) is 16.6 Å². The van der Waals surface area contributed by atoms with Crippen LogP contribution in [-0.2, 0) is 0 Å². The van der Waals surface area contributed by atoms with E-state index < -0.39 is 11.5 Å². The maximum absolute atomic E-state index is 13.6. The van der Waals surface area contributed by atoms with Crippen molar-refractivity contribution in [2.24, 2.45) is 0 Å². The maximum atomic E-state index is 13.6. The molecule has 8 heteroatoms. The molecular weight excluding hydrogens is 330 g/mol. The molecule has 22 heavy (non-hydrogen) atoms. The first kappa shape index (κ1) is 14.9. The summed E-state index contributed by atoms with van der Waals surface area (Å²) in [5, 5.41) is -0.272. The fourth-order valence-electron chi connectivity index (χ4n) is 2.29. The van der Waals surface area contributed by atoms with E-state index in [9.17, 15) is 9.18 Å². The van der Waals surface area contributed by atoms with Gasteiger partial charge < -0.3 is 0 Å². The first-order valence-electron chi connectivity index (χ1n) is 6.27. The molecule has 0 bridgehead atoms. The monoisotopic (exact) mass is 338 g/mol. The number of fused-ring (bicyclic) bond motifs is 1. The number of aromatic nitrogens is 4. The molecule has 0 aliphatic rings. The normalized spacial score (nSPS) is 11.1. The third-order valence-corrected chi connectivity index (χ3v) is 3.82. The van der Waals surface area contributed by atoms with Gasteiger partial charge in [-0.15, -0.1) is 0 Å². The van der Waals surface area contributed by atoms with E-state index >= 15 is 0 Å². The number of halogens is 3. The third-order valence-electron chi connectivity index (χ3n) is 3.26. The summed E-state index contributed by atoms with van der Waals surface area (Å²) in [7, 11) is 0. The van der Waals surface area contributed by atoms with Gasteiger partial charge in [-0.05, 0) is 31.5 Å². The SMILES string of the molecule is Cc1ccnc(C)c1-n1c(=O)nc(Cl)c2cc(F)c(Cl)nc21. The fraction of sp³-hybridized carbons (Fsp3) is 0.143. The zero-order valence-corrected chi connectivity index (χ0v) is 13.1. The molecule has 112 valence electrons. The highest BCUT2D eigenvalue weighted by Crippen LogP contribution is 2.26. The molecule has 0 saturated heterocycles. The van der Waals surface area contributed by atoms with E-state index in [0.717, 1.165) is 11.6 Å². The molecule has 3 aromatic rings. The summed E-state index contributed by atoms with van der Waals surface area (Å²) in [5.41, 5.74) is 1.43. The largest absolute Gasteiger partial charge is 0.355 e. The van der Waals surface area contributed by atoms with Gasteiger partial charge in [0, 0.05) is 6.20 Å². The van der Waals surface area contributed by atoms with Crippen LogP contribution in [-0.4, -0.2) is 19.5 Å². The lowest BCUT2D eigenvalue weighted by Gasteiger charge is -2.14. The van der Waals surface area contributed by atoms with Gasteiger partial charge in [-0.2, -0.15) is 4.98 Å². The summed E-state index contributed by atoms with van der Waals surface area (Å²) in [5.74, 6) is -0.734. The van der Waals surface area contributed by atoms with Crippen molar-refractivity contribution in [1.82, 2.24) is 19.5 Å². The lowest BCUT2D eigenvalue weighted by atomic mass is 10.2. The number of rotatable bonds is 1. The molecule has 0 spiro atoms. The summed E-state index contributed by atoms with van der Waals surface area (Å²) < 4.78 is 14.9. The van der Waals surface area contributed by atoms with Gasteiger partial charge in [0.25, 0.3) is 0 Å². The van der Waals surface area contributed by atoms with Crippen molar-refractivity contribution in [3.05, 3.63) is 56.2 Å². The predicted molar refractivity (Wildman–Crippen MR) is 82.4 cm³/mol. The quantitative estimate of drug-likeness (QED) is 0.504. The fourth-order valence-corrected chi connectivity index (χ4v) is 2.64. The Kier molecular flexibility index (Phi) is 3.58. The lowest BCUT2D eigenvalue weighted by Crippen LogP contribution is -2.24. The van der Waals surface area contributed by atoms with Gasteiger partial charge >= 0.3 is 5.69 Å². The highest BCUT2D eigenvalue weighted by atomic mass is 35.5. The van der Waals surface area contributed by atoms with Gasteiger partial charge in [0.1, 0.15) is 5.15 Å². The second-order valence-corrected chi connectivity index (χ2v) is 5.43. The number of pyridine rings is 2. The number of nitrogens with zero attached hydrogens (tertiary/aromatic N) is 4. The van der Waals surface area contributed by atoms with Crippen LogP contribution < -0.4 is 5.69 Å². The first-order chi connectivity index (χ1) is 10.4. The Morgan fingerprint density at radius 3 is 2.59 bits per heavy atom. The molecule has 0 atom stereocenters. The zero-order chi connectivity index (χ0) is 16.0. The molecule has 0 N–H and O–H groups in total. The molecule has 3 heterocycles. The molecule has 3 aromatic heterocycles. The molecule has 0 saturated carbocycles. The highest BCUT2D eigenvalue weighted by Gasteiger charge is 2.18. The Hall–Kier alpha value is -2.05. The molecule has 0 aromatic carbocycles. The molecule has 0 amide bonds. The van der Waals surface area contributed by atoms with Crippen LogP contribution >= 0.6 is 23.2 Å². The molecule has 5 nitrogen and oxygen atoms in total. The van der Waals surface area contributed by atoms with Crippen molar-refractivity contribution < 1.29 is 4.39 Å². The summed E-state index contributed by atoms with van der Waals surface area (Å²) in [6.45, 7) is 3.57. The van der Waals surface area contributed by atoms with Gasteiger partial charge in [-0.3, -0.25) is 4.98 Å². The third kappa shape index (κ3) is 2.24. The Balaban J connectivity index is 2.55. The first-order valence-corrected chi connectivity index (χ1v) is 7.02. The smallest absolute Gasteiger partial charge is 0.259 e. The van der Waals surface area contributed by atoms with Crippen molar-refractivity contribution >= 4 is 34.2 Å². The van der Waals surface area contributed by atoms with Crippen molar-refractivity contribution in [2.45, 2.75) is 13.8 Å². The highest BCUT2D eigenvalue weighted by molar-refractivity contribution is 6.34. The summed E-state index contributed by atoms with van der Waals surface area (Å²) in [6, 6.07) is 2.86. The van der Waals surface area contributed by atoms with Crippen molar-refractivity contribution in [3.8, 4) is 5.69 Å². The van der Waals surface area contributed by atoms with Gasteiger partial charge in [0.05, 0.1) is 16.8 Å². The minimum absolute atomic E-state index is 0.126. The minimum atomic E-state index is -0.734. The van der Waals surface area contributed by atoms with Crippen LogP contribution in [0.15, 0.2) is 23.1 Å². The standard InChI is InChI=1S/C14H9Cl2FN4O/c1-6-3-4-18-7(2)10(6)21-13-8(11(15)20-14(21)22)5-9(17)12(16)19-13/h3-5H,1-2H3. The van der Waals surface area contributed by atoms with Crippen LogP contribution in [0.3, 0.4) is 0 Å². The Morgan fingerprint density at radius 1 is 1.18 bits per heavy atom. The summed E-state index contributed by atoms with van der Waals surface area (Å²) in [6.07, 6.45) is 1.63. The number of hydrogen-bond acceptors (Lipinski definition) is 4. The molecule has 0 fully saturated rings. The molecular formula is C14H9Cl2FN4O.